The second-order valence-corrected chi connectivity index (χ2v) is 4.98. The summed E-state index contributed by atoms with van der Waals surface area (Å²) in [6, 6.07) is 4.74. The third kappa shape index (κ3) is 3.90. The summed E-state index contributed by atoms with van der Waals surface area (Å²) in [5.74, 6) is 0.825. The van der Waals surface area contributed by atoms with Crippen molar-refractivity contribution in [2.45, 2.75) is 0 Å². The molecule has 1 aromatic heterocycles. The van der Waals surface area contributed by atoms with Gasteiger partial charge in [-0.25, -0.2) is 9.78 Å². The fourth-order valence-corrected chi connectivity index (χ4v) is 1.91. The molecule has 0 spiro atoms. The topological polar surface area (TPSA) is 91.0 Å². The normalized spacial score (nSPS) is 10.0. The Morgan fingerprint density at radius 1 is 1.18 bits per heavy atom. The van der Waals surface area contributed by atoms with Gasteiger partial charge in [-0.15, -0.1) is 0 Å². The van der Waals surface area contributed by atoms with E-state index >= 15 is 0 Å². The first kappa shape index (κ1) is 16.1. The molecule has 2 rings (SSSR count). The Labute approximate surface area is 137 Å². The molecule has 7 nitrogen and oxygen atoms in total. The summed E-state index contributed by atoms with van der Waals surface area (Å²) in [6.45, 7) is 0. The van der Waals surface area contributed by atoms with Crippen LogP contribution >= 0.6 is 23.2 Å². The number of halogens is 2. The lowest BCUT2D eigenvalue weighted by Gasteiger charge is -2.11. The third-order valence-corrected chi connectivity index (χ3v) is 3.42. The van der Waals surface area contributed by atoms with Crippen molar-refractivity contribution < 1.29 is 4.79 Å². The van der Waals surface area contributed by atoms with Crippen molar-refractivity contribution in [3.63, 3.8) is 0 Å². The van der Waals surface area contributed by atoms with Gasteiger partial charge in [-0.3, -0.25) is 0 Å². The first-order valence-electron chi connectivity index (χ1n) is 6.29. The maximum atomic E-state index is 11.3. The van der Waals surface area contributed by atoms with Gasteiger partial charge in [0.2, 0.25) is 5.95 Å². The highest BCUT2D eigenvalue weighted by atomic mass is 35.5. The zero-order valence-corrected chi connectivity index (χ0v) is 13.4. The molecule has 0 fully saturated rings. The first-order chi connectivity index (χ1) is 10.5. The van der Waals surface area contributed by atoms with E-state index in [-0.39, 0.29) is 6.03 Å². The number of nitrogens with zero attached hydrogens (tertiary/aromatic N) is 2. The van der Waals surface area contributed by atoms with Gasteiger partial charge in [0.15, 0.2) is 5.82 Å². The molecule has 0 bridgehead atoms. The molecule has 0 unspecified atom stereocenters. The monoisotopic (exact) mass is 340 g/mol. The zero-order valence-electron chi connectivity index (χ0n) is 11.9. The average Bonchev–Trinajstić information content (AvgIpc) is 2.52. The van der Waals surface area contributed by atoms with Crippen LogP contribution in [0.25, 0.3) is 0 Å². The fourth-order valence-electron chi connectivity index (χ4n) is 1.61. The lowest BCUT2D eigenvalue weighted by Crippen LogP contribution is -2.25. The molecular formula is C13H14Cl2N6O. The predicted molar refractivity (Wildman–Crippen MR) is 89.4 cm³/mol. The largest absolute Gasteiger partial charge is 0.371 e. The molecule has 1 aromatic carbocycles. The fraction of sp³-hybridized carbons (Fsp3) is 0.154. The van der Waals surface area contributed by atoms with Crippen LogP contribution in [0, 0.1) is 0 Å². The lowest BCUT2D eigenvalue weighted by atomic mass is 10.3. The number of carbonyl (C=O) groups excluding carboxylic acids is 1. The van der Waals surface area contributed by atoms with Gasteiger partial charge in [0.05, 0.1) is 16.2 Å². The number of benzene rings is 1. The SMILES string of the molecule is CNC(=O)Nc1cnc(Nc2ccc(Cl)c(Cl)c2)nc1NC. The highest BCUT2D eigenvalue weighted by Gasteiger charge is 2.09. The van der Waals surface area contributed by atoms with E-state index in [9.17, 15) is 4.79 Å². The summed E-state index contributed by atoms with van der Waals surface area (Å²) in [4.78, 5) is 19.8. The Bertz CT molecular complexity index is 694. The summed E-state index contributed by atoms with van der Waals surface area (Å²) in [5, 5.41) is 11.9. The van der Waals surface area contributed by atoms with Gasteiger partial charge < -0.3 is 21.3 Å². The molecule has 116 valence electrons. The predicted octanol–water partition coefficient (Wildman–Crippen LogP) is 3.32. The maximum Gasteiger partial charge on any atom is 0.319 e. The standard InChI is InChI=1S/C13H14Cl2N6O/c1-16-11-10(20-13(22)17-2)6-18-12(21-11)19-7-3-4-8(14)9(15)5-7/h3-6H,1-2H3,(H2,17,20,22)(H2,16,18,19,21). The van der Waals surface area contributed by atoms with Crippen LogP contribution in [0.15, 0.2) is 24.4 Å². The molecule has 0 aliphatic heterocycles. The summed E-state index contributed by atoms with van der Waals surface area (Å²) < 4.78 is 0. The van der Waals surface area contributed by atoms with Crippen LogP contribution in [0.2, 0.25) is 10.0 Å². The number of rotatable bonds is 4. The van der Waals surface area contributed by atoms with Crippen LogP contribution < -0.4 is 21.3 Å². The van der Waals surface area contributed by atoms with Crippen LogP contribution in [0.3, 0.4) is 0 Å². The van der Waals surface area contributed by atoms with Gasteiger partial charge in [0, 0.05) is 19.8 Å². The smallest absolute Gasteiger partial charge is 0.319 e. The molecule has 2 aromatic rings. The van der Waals surface area contributed by atoms with Gasteiger partial charge >= 0.3 is 6.03 Å². The number of hydrogen-bond donors (Lipinski definition) is 4. The van der Waals surface area contributed by atoms with Crippen molar-refractivity contribution in [3.05, 3.63) is 34.4 Å². The first-order valence-corrected chi connectivity index (χ1v) is 7.04. The average molecular weight is 341 g/mol. The van der Waals surface area contributed by atoms with Gasteiger partial charge in [0.1, 0.15) is 5.69 Å². The molecule has 2 amide bonds. The number of aromatic nitrogens is 2. The molecule has 0 radical (unpaired) electrons. The minimum absolute atomic E-state index is 0.352. The molecule has 0 aliphatic rings. The Morgan fingerprint density at radius 3 is 2.59 bits per heavy atom. The van der Waals surface area contributed by atoms with Crippen molar-refractivity contribution in [2.24, 2.45) is 0 Å². The second kappa shape index (κ2) is 7.15. The summed E-state index contributed by atoms with van der Waals surface area (Å²) >= 11 is 11.8. The van der Waals surface area contributed by atoms with Crippen molar-refractivity contribution in [1.29, 1.82) is 0 Å². The van der Waals surface area contributed by atoms with Crippen LogP contribution in [0.5, 0.6) is 0 Å². The van der Waals surface area contributed by atoms with Crippen LogP contribution in [-0.2, 0) is 0 Å². The van der Waals surface area contributed by atoms with Crippen LogP contribution in [-0.4, -0.2) is 30.1 Å². The molecule has 0 atom stereocenters. The summed E-state index contributed by atoms with van der Waals surface area (Å²) in [7, 11) is 3.22. The van der Waals surface area contributed by atoms with E-state index < -0.39 is 0 Å². The van der Waals surface area contributed by atoms with Crippen molar-refractivity contribution in [2.75, 3.05) is 30.0 Å². The molecule has 0 aliphatic carbocycles. The van der Waals surface area contributed by atoms with E-state index in [0.717, 1.165) is 0 Å². The van der Waals surface area contributed by atoms with E-state index in [1.165, 1.54) is 13.2 Å². The number of hydrogen-bond acceptors (Lipinski definition) is 5. The van der Waals surface area contributed by atoms with Gasteiger partial charge in [0.25, 0.3) is 0 Å². The summed E-state index contributed by atoms with van der Waals surface area (Å²) in [6.07, 6.45) is 1.49. The highest BCUT2D eigenvalue weighted by Crippen LogP contribution is 2.27. The van der Waals surface area contributed by atoms with E-state index in [0.29, 0.717) is 33.2 Å². The van der Waals surface area contributed by atoms with E-state index in [4.69, 9.17) is 23.2 Å². The van der Waals surface area contributed by atoms with Gasteiger partial charge in [-0.2, -0.15) is 4.98 Å². The van der Waals surface area contributed by atoms with Crippen LogP contribution in [0.4, 0.5) is 27.9 Å². The van der Waals surface area contributed by atoms with Crippen molar-refractivity contribution in [1.82, 2.24) is 15.3 Å². The Balaban J connectivity index is 2.21. The third-order valence-electron chi connectivity index (χ3n) is 2.68. The van der Waals surface area contributed by atoms with Crippen molar-refractivity contribution >= 4 is 52.4 Å². The molecule has 0 saturated heterocycles. The molecule has 4 N–H and O–H groups in total. The maximum absolute atomic E-state index is 11.3. The molecule has 0 saturated carbocycles. The zero-order chi connectivity index (χ0) is 16.1. The highest BCUT2D eigenvalue weighted by molar-refractivity contribution is 6.42. The Kier molecular flexibility index (Phi) is 5.24. The molecule has 1 heterocycles. The van der Waals surface area contributed by atoms with E-state index in [2.05, 4.69) is 31.2 Å². The van der Waals surface area contributed by atoms with Gasteiger partial charge in [-0.05, 0) is 18.2 Å². The number of anilines is 4. The number of urea groups is 1. The van der Waals surface area contributed by atoms with E-state index in [1.54, 1.807) is 25.2 Å². The minimum atomic E-state index is -0.356. The van der Waals surface area contributed by atoms with Crippen molar-refractivity contribution in [3.8, 4) is 0 Å². The Hall–Kier alpha value is -2.25. The molecule has 9 heteroatoms. The number of carbonyl (C=O) groups is 1. The molecular weight excluding hydrogens is 327 g/mol. The number of amides is 2. The minimum Gasteiger partial charge on any atom is -0.371 e. The van der Waals surface area contributed by atoms with Crippen LogP contribution in [0.1, 0.15) is 0 Å². The number of nitrogens with one attached hydrogen (secondary N) is 4. The van der Waals surface area contributed by atoms with E-state index in [1.807, 2.05) is 0 Å². The second-order valence-electron chi connectivity index (χ2n) is 4.16. The van der Waals surface area contributed by atoms with Gasteiger partial charge in [-0.1, -0.05) is 23.2 Å². The lowest BCUT2D eigenvalue weighted by molar-refractivity contribution is 0.254. The summed E-state index contributed by atoms with van der Waals surface area (Å²) in [5.41, 5.74) is 1.16. The Morgan fingerprint density at radius 2 is 1.95 bits per heavy atom. The molecule has 22 heavy (non-hydrogen) atoms. The quantitative estimate of drug-likeness (QED) is 0.685.